The molecule has 1 amide bonds. The summed E-state index contributed by atoms with van der Waals surface area (Å²) in [6.45, 7) is 6.29. The van der Waals surface area contributed by atoms with Crippen LogP contribution in [0.2, 0.25) is 0 Å². The van der Waals surface area contributed by atoms with E-state index in [9.17, 15) is 4.79 Å². The third-order valence-electron chi connectivity index (χ3n) is 5.03. The molecule has 1 aliphatic heterocycles. The van der Waals surface area contributed by atoms with Crippen molar-refractivity contribution in [2.75, 3.05) is 0 Å². The lowest BCUT2D eigenvalue weighted by atomic mass is 9.55. The van der Waals surface area contributed by atoms with Crippen molar-refractivity contribution in [2.45, 2.75) is 44.6 Å². The van der Waals surface area contributed by atoms with Gasteiger partial charge >= 0.3 is 0 Å². The van der Waals surface area contributed by atoms with Gasteiger partial charge in [0.05, 0.1) is 0 Å². The summed E-state index contributed by atoms with van der Waals surface area (Å²) in [7, 11) is 0. The Morgan fingerprint density at radius 3 is 3.00 bits per heavy atom. The quantitative estimate of drug-likeness (QED) is 0.696. The van der Waals surface area contributed by atoms with Gasteiger partial charge in [0.1, 0.15) is 0 Å². The number of hydrogen-bond acceptors (Lipinski definition) is 2. The first-order valence-corrected chi connectivity index (χ1v) is 6.98. The molecule has 0 radical (unpaired) electrons. The zero-order valence-corrected chi connectivity index (χ0v) is 11.0. The molecule has 1 heterocycles. The van der Waals surface area contributed by atoms with Crippen LogP contribution >= 0.6 is 0 Å². The monoisotopic (exact) mass is 246 g/mol. The van der Waals surface area contributed by atoms with Gasteiger partial charge in [0.15, 0.2) is 0 Å². The van der Waals surface area contributed by atoms with E-state index < -0.39 is 0 Å². The topological polar surface area (TPSA) is 55.1 Å². The van der Waals surface area contributed by atoms with Gasteiger partial charge in [-0.15, -0.1) is 6.58 Å². The van der Waals surface area contributed by atoms with Crippen LogP contribution in [0.15, 0.2) is 23.9 Å². The molecule has 3 nitrogen and oxygen atoms in total. The SMILES string of the molecule is C=C[C@@H]1[C@@H]2CC3=C(CCC(=O)N3)[C@@]1(N)C[C@H](C)C2. The fourth-order valence-electron chi connectivity index (χ4n) is 4.46. The highest BCUT2D eigenvalue weighted by Crippen LogP contribution is 2.52. The molecule has 3 heteroatoms. The van der Waals surface area contributed by atoms with Crippen LogP contribution in [-0.2, 0) is 4.79 Å². The van der Waals surface area contributed by atoms with E-state index in [-0.39, 0.29) is 11.4 Å². The van der Waals surface area contributed by atoms with Crippen molar-refractivity contribution in [3.8, 4) is 0 Å². The fraction of sp³-hybridized carbons (Fsp3) is 0.667. The molecule has 1 fully saturated rings. The number of amides is 1. The number of fused-ring (bicyclic) bond motifs is 3. The van der Waals surface area contributed by atoms with Crippen molar-refractivity contribution in [3.05, 3.63) is 23.9 Å². The van der Waals surface area contributed by atoms with Crippen LogP contribution in [0.3, 0.4) is 0 Å². The minimum absolute atomic E-state index is 0.153. The van der Waals surface area contributed by atoms with E-state index in [1.54, 1.807) is 0 Å². The van der Waals surface area contributed by atoms with Gasteiger partial charge in [-0.25, -0.2) is 0 Å². The van der Waals surface area contributed by atoms with Gasteiger partial charge in [-0.2, -0.15) is 0 Å². The van der Waals surface area contributed by atoms with E-state index in [2.05, 4.69) is 24.9 Å². The second kappa shape index (κ2) is 3.95. The molecular formula is C15H22N2O. The van der Waals surface area contributed by atoms with Gasteiger partial charge < -0.3 is 11.1 Å². The van der Waals surface area contributed by atoms with Gasteiger partial charge in [-0.05, 0) is 43.1 Å². The van der Waals surface area contributed by atoms with Gasteiger partial charge in [0.25, 0.3) is 0 Å². The van der Waals surface area contributed by atoms with Crippen LogP contribution < -0.4 is 11.1 Å². The van der Waals surface area contributed by atoms with Crippen LogP contribution in [0, 0.1) is 17.8 Å². The number of nitrogens with two attached hydrogens (primary N) is 1. The van der Waals surface area contributed by atoms with E-state index >= 15 is 0 Å². The Morgan fingerprint density at radius 2 is 2.28 bits per heavy atom. The van der Waals surface area contributed by atoms with E-state index in [0.717, 1.165) is 25.0 Å². The predicted molar refractivity (Wildman–Crippen MR) is 71.5 cm³/mol. The minimum Gasteiger partial charge on any atom is -0.330 e. The summed E-state index contributed by atoms with van der Waals surface area (Å²) in [6, 6.07) is 0. The maximum atomic E-state index is 11.6. The van der Waals surface area contributed by atoms with E-state index in [1.165, 1.54) is 12.0 Å². The number of carbonyl (C=O) groups is 1. The molecule has 3 aliphatic rings. The predicted octanol–water partition coefficient (Wildman–Crippen LogP) is 2.10. The number of allylic oxidation sites excluding steroid dienone is 1. The highest BCUT2D eigenvalue weighted by atomic mass is 16.1. The van der Waals surface area contributed by atoms with E-state index in [1.807, 2.05) is 0 Å². The van der Waals surface area contributed by atoms with Crippen LogP contribution in [0.4, 0.5) is 0 Å². The van der Waals surface area contributed by atoms with Gasteiger partial charge in [-0.3, -0.25) is 4.79 Å². The van der Waals surface area contributed by atoms with Crippen molar-refractivity contribution < 1.29 is 4.79 Å². The number of nitrogens with one attached hydrogen (secondary N) is 1. The first kappa shape index (κ1) is 12.0. The standard InChI is InChI=1S/C15H22N2O/c1-3-11-10-6-9(2)8-15(11,16)12-4-5-14(18)17-13(12)7-10/h3,9-11H,1,4-8,16H2,2H3,(H,17,18)/t9-,10+,11-,15-/m1/s1. The molecule has 0 aromatic rings. The Balaban J connectivity index is 2.07. The zero-order valence-electron chi connectivity index (χ0n) is 11.0. The third-order valence-corrected chi connectivity index (χ3v) is 5.03. The summed E-state index contributed by atoms with van der Waals surface area (Å²) < 4.78 is 0. The summed E-state index contributed by atoms with van der Waals surface area (Å²) in [4.78, 5) is 11.6. The molecule has 1 saturated carbocycles. The third kappa shape index (κ3) is 1.57. The van der Waals surface area contributed by atoms with Crippen LogP contribution in [0.5, 0.6) is 0 Å². The summed E-state index contributed by atoms with van der Waals surface area (Å²) in [5, 5.41) is 3.06. The van der Waals surface area contributed by atoms with Crippen LogP contribution in [0.1, 0.15) is 39.0 Å². The Bertz CT molecular complexity index is 440. The largest absolute Gasteiger partial charge is 0.330 e. The molecule has 3 N–H and O–H groups in total. The van der Waals surface area contributed by atoms with Gasteiger partial charge in [-0.1, -0.05) is 13.0 Å². The second-order valence-electron chi connectivity index (χ2n) is 6.32. The lowest BCUT2D eigenvalue weighted by Gasteiger charge is -2.53. The average Bonchev–Trinajstić information content (AvgIpc) is 2.26. The summed E-state index contributed by atoms with van der Waals surface area (Å²) >= 11 is 0. The average molecular weight is 246 g/mol. The lowest BCUT2D eigenvalue weighted by molar-refractivity contribution is -0.121. The molecular weight excluding hydrogens is 224 g/mol. The number of carbonyl (C=O) groups excluding carboxylic acids is 1. The Labute approximate surface area is 109 Å². The Morgan fingerprint density at radius 1 is 1.50 bits per heavy atom. The molecule has 0 aromatic heterocycles. The van der Waals surface area contributed by atoms with E-state index in [0.29, 0.717) is 24.2 Å². The highest BCUT2D eigenvalue weighted by molar-refractivity contribution is 5.80. The van der Waals surface area contributed by atoms with Crippen molar-refractivity contribution in [3.63, 3.8) is 0 Å². The molecule has 0 unspecified atom stereocenters. The summed E-state index contributed by atoms with van der Waals surface area (Å²) in [6.07, 6.45) is 6.66. The molecule has 0 spiro atoms. The zero-order chi connectivity index (χ0) is 12.9. The lowest BCUT2D eigenvalue weighted by Crippen LogP contribution is -2.59. The first-order chi connectivity index (χ1) is 8.54. The summed E-state index contributed by atoms with van der Waals surface area (Å²) in [5.74, 6) is 1.75. The Hall–Kier alpha value is -1.09. The maximum Gasteiger partial charge on any atom is 0.224 e. The minimum atomic E-state index is -0.259. The number of hydrogen-bond donors (Lipinski definition) is 2. The highest BCUT2D eigenvalue weighted by Gasteiger charge is 2.50. The van der Waals surface area contributed by atoms with Gasteiger partial charge in [0.2, 0.25) is 5.91 Å². The van der Waals surface area contributed by atoms with Crippen molar-refractivity contribution in [1.29, 1.82) is 0 Å². The van der Waals surface area contributed by atoms with Crippen molar-refractivity contribution in [2.24, 2.45) is 23.5 Å². The normalized spacial score (nSPS) is 43.2. The molecule has 0 aromatic carbocycles. The molecule has 98 valence electrons. The van der Waals surface area contributed by atoms with Crippen molar-refractivity contribution in [1.82, 2.24) is 5.32 Å². The van der Waals surface area contributed by atoms with Crippen LogP contribution in [0.25, 0.3) is 0 Å². The van der Waals surface area contributed by atoms with Crippen molar-refractivity contribution >= 4 is 5.91 Å². The fourth-order valence-corrected chi connectivity index (χ4v) is 4.46. The first-order valence-electron chi connectivity index (χ1n) is 6.98. The second-order valence-corrected chi connectivity index (χ2v) is 6.32. The molecule has 3 rings (SSSR count). The smallest absolute Gasteiger partial charge is 0.224 e. The summed E-state index contributed by atoms with van der Waals surface area (Å²) in [5.41, 5.74) is 8.94. The molecule has 18 heavy (non-hydrogen) atoms. The number of rotatable bonds is 1. The van der Waals surface area contributed by atoms with Gasteiger partial charge in [0, 0.05) is 23.6 Å². The molecule has 2 aliphatic carbocycles. The maximum absolute atomic E-state index is 11.6. The Kier molecular flexibility index (Phi) is 2.63. The molecule has 2 bridgehead atoms. The van der Waals surface area contributed by atoms with E-state index in [4.69, 9.17) is 5.73 Å². The molecule has 0 saturated heterocycles. The molecule has 4 atom stereocenters. The van der Waals surface area contributed by atoms with Crippen LogP contribution in [-0.4, -0.2) is 11.4 Å².